The number of hydrogen-bond acceptors (Lipinski definition) is 3. The van der Waals surface area contributed by atoms with E-state index in [2.05, 4.69) is 35.1 Å². The maximum absolute atomic E-state index is 11.2. The molecule has 106 valence electrons. The normalized spacial score (nSPS) is 12.5. The molecule has 0 spiro atoms. The van der Waals surface area contributed by atoms with Crippen LogP contribution < -0.4 is 5.32 Å². The standard InChI is InChI=1S/C14H20BrNO3/c1-4-19-8-13(9(2)3)16-12-7-10(15)5-6-11(12)14(17)18/h5-7,9,13,16H,4,8H2,1-3H3,(H,17,18). The van der Waals surface area contributed by atoms with Crippen LogP contribution in [-0.4, -0.2) is 30.3 Å². The van der Waals surface area contributed by atoms with Gasteiger partial charge < -0.3 is 15.2 Å². The Labute approximate surface area is 122 Å². The van der Waals surface area contributed by atoms with Crippen LogP contribution in [0, 0.1) is 5.92 Å². The Kier molecular flexibility index (Phi) is 6.31. The number of hydrogen-bond donors (Lipinski definition) is 2. The van der Waals surface area contributed by atoms with Gasteiger partial charge in [-0.3, -0.25) is 0 Å². The van der Waals surface area contributed by atoms with Crippen molar-refractivity contribution in [2.24, 2.45) is 5.92 Å². The van der Waals surface area contributed by atoms with Crippen molar-refractivity contribution >= 4 is 27.6 Å². The van der Waals surface area contributed by atoms with E-state index in [0.29, 0.717) is 24.8 Å². The van der Waals surface area contributed by atoms with Gasteiger partial charge in [0.2, 0.25) is 0 Å². The lowest BCUT2D eigenvalue weighted by Gasteiger charge is -2.24. The summed E-state index contributed by atoms with van der Waals surface area (Å²) < 4.78 is 6.28. The number of anilines is 1. The number of halogens is 1. The Balaban J connectivity index is 2.94. The van der Waals surface area contributed by atoms with Crippen molar-refractivity contribution < 1.29 is 14.6 Å². The highest BCUT2D eigenvalue weighted by Crippen LogP contribution is 2.23. The zero-order chi connectivity index (χ0) is 14.4. The highest BCUT2D eigenvalue weighted by atomic mass is 79.9. The zero-order valence-corrected chi connectivity index (χ0v) is 13.0. The summed E-state index contributed by atoms with van der Waals surface area (Å²) in [5.41, 5.74) is 0.880. The highest BCUT2D eigenvalue weighted by molar-refractivity contribution is 9.10. The molecule has 1 aromatic rings. The SMILES string of the molecule is CCOCC(Nc1cc(Br)ccc1C(=O)O)C(C)C. The molecule has 0 amide bonds. The molecule has 4 nitrogen and oxygen atoms in total. The first-order valence-corrected chi connectivity index (χ1v) is 7.12. The van der Waals surface area contributed by atoms with E-state index < -0.39 is 5.97 Å². The van der Waals surface area contributed by atoms with E-state index in [-0.39, 0.29) is 11.6 Å². The fourth-order valence-corrected chi connectivity index (χ4v) is 2.03. The van der Waals surface area contributed by atoms with Gasteiger partial charge in [0.05, 0.1) is 23.9 Å². The average Bonchev–Trinajstić information content (AvgIpc) is 2.33. The zero-order valence-electron chi connectivity index (χ0n) is 11.4. The lowest BCUT2D eigenvalue weighted by Crippen LogP contribution is -2.31. The monoisotopic (exact) mass is 329 g/mol. The molecule has 5 heteroatoms. The Hall–Kier alpha value is -1.07. The first kappa shape index (κ1) is 16.0. The van der Waals surface area contributed by atoms with Crippen LogP contribution in [0.1, 0.15) is 31.1 Å². The summed E-state index contributed by atoms with van der Waals surface area (Å²) in [7, 11) is 0. The summed E-state index contributed by atoms with van der Waals surface area (Å²) >= 11 is 3.36. The van der Waals surface area contributed by atoms with Gasteiger partial charge >= 0.3 is 5.97 Å². The van der Waals surface area contributed by atoms with Crippen LogP contribution in [0.25, 0.3) is 0 Å². The van der Waals surface area contributed by atoms with Crippen molar-refractivity contribution in [1.29, 1.82) is 0 Å². The Morgan fingerprint density at radius 2 is 2.16 bits per heavy atom. The summed E-state index contributed by atoms with van der Waals surface area (Å²) in [6, 6.07) is 5.17. The Bertz CT molecular complexity index is 435. The second kappa shape index (κ2) is 7.50. The number of benzene rings is 1. The third-order valence-corrected chi connectivity index (χ3v) is 3.35. The molecule has 0 saturated carbocycles. The Morgan fingerprint density at radius 1 is 1.47 bits per heavy atom. The maximum Gasteiger partial charge on any atom is 0.337 e. The van der Waals surface area contributed by atoms with Crippen LogP contribution in [-0.2, 0) is 4.74 Å². The minimum Gasteiger partial charge on any atom is -0.478 e. The molecule has 0 radical (unpaired) electrons. The molecule has 0 aliphatic heterocycles. The van der Waals surface area contributed by atoms with Gasteiger partial charge in [-0.05, 0) is 31.0 Å². The van der Waals surface area contributed by atoms with Crippen LogP contribution in [0.5, 0.6) is 0 Å². The van der Waals surface area contributed by atoms with Gasteiger partial charge in [0, 0.05) is 11.1 Å². The van der Waals surface area contributed by atoms with Gasteiger partial charge in [0.25, 0.3) is 0 Å². The van der Waals surface area contributed by atoms with Crippen LogP contribution in [0.2, 0.25) is 0 Å². The van der Waals surface area contributed by atoms with E-state index in [4.69, 9.17) is 4.74 Å². The van der Waals surface area contributed by atoms with Gasteiger partial charge in [0.1, 0.15) is 0 Å². The fourth-order valence-electron chi connectivity index (χ4n) is 1.67. The molecular weight excluding hydrogens is 310 g/mol. The number of rotatable bonds is 7. The van der Waals surface area contributed by atoms with E-state index >= 15 is 0 Å². The number of carboxylic acid groups (broad SMARTS) is 1. The van der Waals surface area contributed by atoms with E-state index in [0.717, 1.165) is 4.47 Å². The van der Waals surface area contributed by atoms with Crippen LogP contribution in [0.15, 0.2) is 22.7 Å². The number of ether oxygens (including phenoxy) is 1. The van der Waals surface area contributed by atoms with Gasteiger partial charge in [-0.25, -0.2) is 4.79 Å². The summed E-state index contributed by atoms with van der Waals surface area (Å²) in [6.07, 6.45) is 0. The predicted molar refractivity (Wildman–Crippen MR) is 79.8 cm³/mol. The largest absolute Gasteiger partial charge is 0.478 e. The van der Waals surface area contributed by atoms with E-state index in [1.165, 1.54) is 0 Å². The minimum atomic E-state index is -0.936. The summed E-state index contributed by atoms with van der Waals surface area (Å²) in [5, 5.41) is 12.5. The first-order chi connectivity index (χ1) is 8.95. The van der Waals surface area contributed by atoms with Gasteiger partial charge in [-0.1, -0.05) is 29.8 Å². The highest BCUT2D eigenvalue weighted by Gasteiger charge is 2.17. The lowest BCUT2D eigenvalue weighted by atomic mass is 10.0. The van der Waals surface area contributed by atoms with Crippen molar-refractivity contribution in [3.05, 3.63) is 28.2 Å². The van der Waals surface area contributed by atoms with E-state index in [9.17, 15) is 9.90 Å². The van der Waals surface area contributed by atoms with Gasteiger partial charge in [0.15, 0.2) is 0 Å². The molecule has 0 aromatic heterocycles. The second-order valence-corrected chi connectivity index (χ2v) is 5.57. The minimum absolute atomic E-state index is 0.0762. The third-order valence-electron chi connectivity index (χ3n) is 2.86. The number of aromatic carboxylic acids is 1. The van der Waals surface area contributed by atoms with Crippen LogP contribution >= 0.6 is 15.9 Å². The molecular formula is C14H20BrNO3. The van der Waals surface area contributed by atoms with Gasteiger partial charge in [-0.2, -0.15) is 0 Å². The molecule has 0 saturated heterocycles. The van der Waals surface area contributed by atoms with E-state index in [1.54, 1.807) is 18.2 Å². The molecule has 0 heterocycles. The molecule has 1 unspecified atom stereocenters. The molecule has 0 aliphatic carbocycles. The molecule has 0 fully saturated rings. The molecule has 1 atom stereocenters. The molecule has 0 bridgehead atoms. The quantitative estimate of drug-likeness (QED) is 0.802. The van der Waals surface area contributed by atoms with Crippen molar-refractivity contribution in [3.63, 3.8) is 0 Å². The van der Waals surface area contributed by atoms with Crippen molar-refractivity contribution in [2.45, 2.75) is 26.8 Å². The predicted octanol–water partition coefficient (Wildman–Crippen LogP) is 3.62. The Morgan fingerprint density at radius 3 is 2.68 bits per heavy atom. The third kappa shape index (κ3) is 4.84. The molecule has 19 heavy (non-hydrogen) atoms. The molecule has 0 aliphatic rings. The van der Waals surface area contributed by atoms with Crippen molar-refractivity contribution in [2.75, 3.05) is 18.5 Å². The smallest absolute Gasteiger partial charge is 0.337 e. The molecule has 1 rings (SSSR count). The van der Waals surface area contributed by atoms with E-state index in [1.807, 2.05) is 6.92 Å². The number of carbonyl (C=O) groups is 1. The summed E-state index contributed by atoms with van der Waals surface area (Å²) in [4.78, 5) is 11.2. The molecule has 1 aromatic carbocycles. The summed E-state index contributed by atoms with van der Waals surface area (Å²) in [5.74, 6) is -0.596. The average molecular weight is 330 g/mol. The van der Waals surface area contributed by atoms with Gasteiger partial charge in [-0.15, -0.1) is 0 Å². The lowest BCUT2D eigenvalue weighted by molar-refractivity contribution is 0.0697. The molecule has 2 N–H and O–H groups in total. The van der Waals surface area contributed by atoms with Crippen molar-refractivity contribution in [1.82, 2.24) is 0 Å². The number of carboxylic acids is 1. The van der Waals surface area contributed by atoms with Crippen molar-refractivity contribution in [3.8, 4) is 0 Å². The topological polar surface area (TPSA) is 58.6 Å². The second-order valence-electron chi connectivity index (χ2n) is 4.65. The first-order valence-electron chi connectivity index (χ1n) is 6.32. The maximum atomic E-state index is 11.2. The van der Waals surface area contributed by atoms with Crippen LogP contribution in [0.3, 0.4) is 0 Å². The number of nitrogens with one attached hydrogen (secondary N) is 1. The fraction of sp³-hybridized carbons (Fsp3) is 0.500. The summed E-state index contributed by atoms with van der Waals surface area (Å²) in [6.45, 7) is 7.30. The van der Waals surface area contributed by atoms with Crippen LogP contribution in [0.4, 0.5) is 5.69 Å².